The Bertz CT molecular complexity index is 381. The number of carbonyl (C=O) groups excluding carboxylic acids is 1. The summed E-state index contributed by atoms with van der Waals surface area (Å²) in [5, 5.41) is 9.97. The van der Waals surface area contributed by atoms with Crippen molar-refractivity contribution >= 4 is 5.78 Å². The second kappa shape index (κ2) is 5.08. The molecule has 0 unspecified atom stereocenters. The number of hydrogen-bond donors (Lipinski definition) is 1. The van der Waals surface area contributed by atoms with Crippen LogP contribution in [-0.4, -0.2) is 10.9 Å². The largest absolute Gasteiger partial charge is 0.381 e. The van der Waals surface area contributed by atoms with Crippen LogP contribution in [0.2, 0.25) is 0 Å². The molecule has 1 N–H and O–H groups in total. The van der Waals surface area contributed by atoms with Crippen LogP contribution in [0.15, 0.2) is 42.5 Å². The molecule has 0 heterocycles. The Morgan fingerprint density at radius 2 is 2.00 bits per heavy atom. The van der Waals surface area contributed by atoms with Gasteiger partial charge in [0.05, 0.1) is 0 Å². The average molecular weight is 216 g/mol. The van der Waals surface area contributed by atoms with Crippen LogP contribution >= 0.6 is 0 Å². The highest BCUT2D eigenvalue weighted by Crippen LogP contribution is 2.25. The van der Waals surface area contributed by atoms with E-state index in [2.05, 4.69) is 6.08 Å². The van der Waals surface area contributed by atoms with Crippen LogP contribution in [0.5, 0.6) is 0 Å². The number of hydrogen-bond acceptors (Lipinski definition) is 2. The van der Waals surface area contributed by atoms with Crippen LogP contribution in [0, 0.1) is 5.92 Å². The molecule has 2 rings (SSSR count). The number of ketones is 1. The lowest BCUT2D eigenvalue weighted by Crippen LogP contribution is -2.22. The Kier molecular flexibility index (Phi) is 3.52. The van der Waals surface area contributed by atoms with Gasteiger partial charge in [0, 0.05) is 5.92 Å². The van der Waals surface area contributed by atoms with Crippen LogP contribution in [0.3, 0.4) is 0 Å². The van der Waals surface area contributed by atoms with Crippen LogP contribution in [-0.2, 0) is 4.79 Å². The van der Waals surface area contributed by atoms with Crippen molar-refractivity contribution in [2.24, 2.45) is 5.92 Å². The van der Waals surface area contributed by atoms with Gasteiger partial charge in [0.1, 0.15) is 6.10 Å². The van der Waals surface area contributed by atoms with E-state index in [1.807, 2.05) is 24.3 Å². The first-order valence-corrected chi connectivity index (χ1v) is 5.71. The number of rotatable bonds is 3. The normalized spacial score (nSPS) is 21.7. The summed E-state index contributed by atoms with van der Waals surface area (Å²) in [6, 6.07) is 9.14. The molecule has 0 amide bonds. The van der Waals surface area contributed by atoms with Gasteiger partial charge in [-0.25, -0.2) is 0 Å². The van der Waals surface area contributed by atoms with Gasteiger partial charge in [-0.2, -0.15) is 0 Å². The molecule has 0 fully saturated rings. The molecule has 0 radical (unpaired) electrons. The average Bonchev–Trinajstić information content (AvgIpc) is 2.39. The molecule has 2 heteroatoms. The van der Waals surface area contributed by atoms with Gasteiger partial charge in [0.2, 0.25) is 0 Å². The first-order chi connectivity index (χ1) is 7.79. The highest BCUT2D eigenvalue weighted by atomic mass is 16.3. The third-order valence-electron chi connectivity index (χ3n) is 3.06. The predicted octanol–water partition coefficient (Wildman–Crippen LogP) is 2.65. The van der Waals surface area contributed by atoms with E-state index in [0.29, 0.717) is 5.56 Å². The number of Topliss-reactive ketones (excluding diaryl/α,β-unsaturated/α-hetero) is 1. The van der Waals surface area contributed by atoms with E-state index in [0.717, 1.165) is 19.3 Å². The van der Waals surface area contributed by atoms with E-state index in [4.69, 9.17) is 0 Å². The smallest absolute Gasteiger partial charge is 0.169 e. The van der Waals surface area contributed by atoms with Crippen molar-refractivity contribution in [1.82, 2.24) is 0 Å². The van der Waals surface area contributed by atoms with Crippen molar-refractivity contribution in [2.75, 3.05) is 0 Å². The van der Waals surface area contributed by atoms with Crippen LogP contribution < -0.4 is 0 Å². The van der Waals surface area contributed by atoms with E-state index in [9.17, 15) is 9.90 Å². The summed E-state index contributed by atoms with van der Waals surface area (Å²) < 4.78 is 0. The molecular formula is C14H16O2. The van der Waals surface area contributed by atoms with Gasteiger partial charge in [-0.1, -0.05) is 42.5 Å². The van der Waals surface area contributed by atoms with Crippen molar-refractivity contribution in [3.8, 4) is 0 Å². The topological polar surface area (TPSA) is 37.3 Å². The van der Waals surface area contributed by atoms with E-state index >= 15 is 0 Å². The number of benzene rings is 1. The summed E-state index contributed by atoms with van der Waals surface area (Å²) in [6.07, 6.45) is 5.74. The van der Waals surface area contributed by atoms with Gasteiger partial charge < -0.3 is 5.11 Å². The van der Waals surface area contributed by atoms with Crippen LogP contribution in [0.25, 0.3) is 0 Å². The molecule has 84 valence electrons. The highest BCUT2D eigenvalue weighted by molar-refractivity contribution is 5.86. The summed E-state index contributed by atoms with van der Waals surface area (Å²) >= 11 is 0. The molecule has 1 aromatic rings. The molecule has 2 nitrogen and oxygen atoms in total. The lowest BCUT2D eigenvalue weighted by molar-refractivity contribution is -0.131. The molecule has 2 atom stereocenters. The van der Waals surface area contributed by atoms with Crippen molar-refractivity contribution < 1.29 is 9.90 Å². The van der Waals surface area contributed by atoms with Gasteiger partial charge in [-0.05, 0) is 24.8 Å². The maximum Gasteiger partial charge on any atom is 0.169 e. The van der Waals surface area contributed by atoms with Crippen molar-refractivity contribution in [3.63, 3.8) is 0 Å². The molecular weight excluding hydrogens is 200 g/mol. The quantitative estimate of drug-likeness (QED) is 0.789. The highest BCUT2D eigenvalue weighted by Gasteiger charge is 2.26. The van der Waals surface area contributed by atoms with Gasteiger partial charge in [0.15, 0.2) is 5.78 Å². The Labute approximate surface area is 95.6 Å². The minimum Gasteiger partial charge on any atom is -0.381 e. The van der Waals surface area contributed by atoms with E-state index in [1.165, 1.54) is 0 Å². The summed E-state index contributed by atoms with van der Waals surface area (Å²) in [7, 11) is 0. The van der Waals surface area contributed by atoms with Gasteiger partial charge in [-0.15, -0.1) is 0 Å². The van der Waals surface area contributed by atoms with E-state index in [1.54, 1.807) is 12.1 Å². The fourth-order valence-electron chi connectivity index (χ4n) is 2.07. The maximum atomic E-state index is 12.0. The molecule has 1 aliphatic carbocycles. The molecule has 1 aromatic carbocycles. The fraction of sp³-hybridized carbons (Fsp3) is 0.357. The molecule has 0 bridgehead atoms. The number of allylic oxidation sites excluding steroid dienone is 2. The van der Waals surface area contributed by atoms with E-state index in [-0.39, 0.29) is 11.7 Å². The molecule has 0 spiro atoms. The molecule has 1 aliphatic rings. The minimum atomic E-state index is -0.960. The summed E-state index contributed by atoms with van der Waals surface area (Å²) in [5.74, 6) is -0.0595. The Morgan fingerprint density at radius 1 is 1.25 bits per heavy atom. The molecule has 0 aliphatic heterocycles. The Balaban J connectivity index is 2.07. The number of carbonyl (C=O) groups is 1. The molecule has 0 saturated heterocycles. The zero-order chi connectivity index (χ0) is 11.4. The first-order valence-electron chi connectivity index (χ1n) is 5.71. The van der Waals surface area contributed by atoms with Gasteiger partial charge in [0.25, 0.3) is 0 Å². The lowest BCUT2D eigenvalue weighted by Gasteiger charge is -2.19. The summed E-state index contributed by atoms with van der Waals surface area (Å²) in [6.45, 7) is 0. The summed E-state index contributed by atoms with van der Waals surface area (Å²) in [4.78, 5) is 12.0. The zero-order valence-corrected chi connectivity index (χ0v) is 9.17. The van der Waals surface area contributed by atoms with Crippen molar-refractivity contribution in [3.05, 3.63) is 48.0 Å². The van der Waals surface area contributed by atoms with Crippen molar-refractivity contribution in [1.29, 1.82) is 0 Å². The van der Waals surface area contributed by atoms with Crippen LogP contribution in [0.4, 0.5) is 0 Å². The van der Waals surface area contributed by atoms with Crippen molar-refractivity contribution in [2.45, 2.75) is 25.4 Å². The Hall–Kier alpha value is -1.41. The minimum absolute atomic E-state index is 0.0137. The zero-order valence-electron chi connectivity index (χ0n) is 9.17. The molecule has 16 heavy (non-hydrogen) atoms. The second-order valence-corrected chi connectivity index (χ2v) is 4.20. The van der Waals surface area contributed by atoms with Gasteiger partial charge in [-0.3, -0.25) is 4.79 Å². The van der Waals surface area contributed by atoms with Crippen LogP contribution in [0.1, 0.15) is 30.9 Å². The SMILES string of the molecule is O=C([C@@H]1CC=CCC1)[C@@H](O)c1ccccc1. The molecule has 0 saturated carbocycles. The fourth-order valence-corrected chi connectivity index (χ4v) is 2.07. The van der Waals surface area contributed by atoms with Gasteiger partial charge >= 0.3 is 0 Å². The second-order valence-electron chi connectivity index (χ2n) is 4.20. The predicted molar refractivity (Wildman–Crippen MR) is 62.9 cm³/mol. The third-order valence-corrected chi connectivity index (χ3v) is 3.06. The Morgan fingerprint density at radius 3 is 2.62 bits per heavy atom. The first kappa shape index (κ1) is 11.1. The number of aliphatic hydroxyl groups excluding tert-OH is 1. The maximum absolute atomic E-state index is 12.0. The monoisotopic (exact) mass is 216 g/mol. The number of aliphatic hydroxyl groups is 1. The summed E-state index contributed by atoms with van der Waals surface area (Å²) in [5.41, 5.74) is 0.696. The molecule has 0 aromatic heterocycles. The lowest BCUT2D eigenvalue weighted by atomic mass is 9.86. The van der Waals surface area contributed by atoms with E-state index < -0.39 is 6.10 Å². The third kappa shape index (κ3) is 2.39. The standard InChI is InChI=1S/C14H16O2/c15-13(11-7-3-1-4-8-11)14(16)12-9-5-2-6-10-12/h1-5,7-8,12-13,15H,6,9-10H2/t12-,13+/m1/s1.